The maximum Gasteiger partial charge on any atom is 0.261 e. The van der Waals surface area contributed by atoms with Gasteiger partial charge in [-0.1, -0.05) is 12.1 Å². The van der Waals surface area contributed by atoms with Gasteiger partial charge >= 0.3 is 0 Å². The van der Waals surface area contributed by atoms with E-state index >= 15 is 0 Å². The first-order chi connectivity index (χ1) is 17.4. The third kappa shape index (κ3) is 4.61. The molecule has 5 aromatic rings. The van der Waals surface area contributed by atoms with Gasteiger partial charge in [0.1, 0.15) is 17.5 Å². The van der Waals surface area contributed by atoms with Crippen molar-refractivity contribution in [1.82, 2.24) is 25.1 Å². The minimum absolute atomic E-state index is 0.0440. The van der Waals surface area contributed by atoms with E-state index in [0.29, 0.717) is 16.5 Å². The van der Waals surface area contributed by atoms with E-state index in [1.165, 1.54) is 29.1 Å². The van der Waals surface area contributed by atoms with Gasteiger partial charge in [0.2, 0.25) is 0 Å². The molecule has 5 rings (SSSR count). The van der Waals surface area contributed by atoms with Crippen LogP contribution < -0.4 is 10.9 Å². The molecular formula is C26H18F3N5O2. The van der Waals surface area contributed by atoms with Crippen molar-refractivity contribution in [2.75, 3.05) is 0 Å². The number of H-pyrrole nitrogens is 1. The summed E-state index contributed by atoms with van der Waals surface area (Å²) in [7, 11) is 0. The highest BCUT2D eigenvalue weighted by atomic mass is 19.1. The summed E-state index contributed by atoms with van der Waals surface area (Å²) in [6, 6.07) is 12.3. The summed E-state index contributed by atoms with van der Waals surface area (Å²) >= 11 is 0. The molecule has 0 radical (unpaired) electrons. The Bertz CT molecular complexity index is 1630. The Morgan fingerprint density at radius 1 is 1.00 bits per heavy atom. The van der Waals surface area contributed by atoms with Gasteiger partial charge in [0.15, 0.2) is 0 Å². The molecule has 7 nitrogen and oxygen atoms in total. The number of rotatable bonds is 6. The van der Waals surface area contributed by atoms with Crippen molar-refractivity contribution in [2.45, 2.75) is 13.1 Å². The molecule has 0 aliphatic heterocycles. The summed E-state index contributed by atoms with van der Waals surface area (Å²) in [5, 5.41) is 9.41. The van der Waals surface area contributed by atoms with E-state index in [9.17, 15) is 22.8 Å². The van der Waals surface area contributed by atoms with E-state index in [2.05, 4.69) is 20.5 Å². The van der Waals surface area contributed by atoms with Crippen LogP contribution >= 0.6 is 0 Å². The van der Waals surface area contributed by atoms with Crippen LogP contribution in [0.4, 0.5) is 13.2 Å². The number of hydrogen-bond donors (Lipinski definition) is 2. The molecule has 10 heteroatoms. The van der Waals surface area contributed by atoms with E-state index in [1.54, 1.807) is 24.5 Å². The average molecular weight is 489 g/mol. The first-order valence-corrected chi connectivity index (χ1v) is 10.9. The summed E-state index contributed by atoms with van der Waals surface area (Å²) in [6.07, 6.45) is 4.69. The topological polar surface area (TPSA) is 92.7 Å². The molecule has 3 aromatic carbocycles. The average Bonchev–Trinajstić information content (AvgIpc) is 3.40. The predicted octanol–water partition coefficient (Wildman–Crippen LogP) is 4.18. The van der Waals surface area contributed by atoms with Crippen LogP contribution in [0.5, 0.6) is 0 Å². The van der Waals surface area contributed by atoms with Crippen LogP contribution in [0.25, 0.3) is 22.0 Å². The van der Waals surface area contributed by atoms with Crippen LogP contribution in [0.2, 0.25) is 0 Å². The molecule has 2 heterocycles. The first-order valence-electron chi connectivity index (χ1n) is 10.9. The predicted molar refractivity (Wildman–Crippen MR) is 127 cm³/mol. The second-order valence-corrected chi connectivity index (χ2v) is 8.13. The van der Waals surface area contributed by atoms with E-state index in [-0.39, 0.29) is 23.2 Å². The Labute approximate surface area is 202 Å². The Hall–Kier alpha value is -4.73. The lowest BCUT2D eigenvalue weighted by molar-refractivity contribution is 0.0949. The molecule has 0 aliphatic rings. The van der Waals surface area contributed by atoms with Gasteiger partial charge in [-0.15, -0.1) is 0 Å². The fourth-order valence-corrected chi connectivity index (χ4v) is 3.90. The van der Waals surface area contributed by atoms with Crippen LogP contribution in [0.15, 0.2) is 78.1 Å². The monoisotopic (exact) mass is 489 g/mol. The molecule has 0 saturated carbocycles. The molecule has 36 heavy (non-hydrogen) atoms. The van der Waals surface area contributed by atoms with Crippen LogP contribution in [0, 0.1) is 17.5 Å². The lowest BCUT2D eigenvalue weighted by Gasteiger charge is -2.11. The van der Waals surface area contributed by atoms with Gasteiger partial charge in [-0.05, 0) is 53.6 Å². The number of halogens is 3. The minimum atomic E-state index is -0.797. The maximum absolute atomic E-state index is 14.3. The van der Waals surface area contributed by atoms with E-state index in [4.69, 9.17) is 0 Å². The Balaban J connectivity index is 1.40. The highest BCUT2D eigenvalue weighted by molar-refractivity contribution is 5.94. The van der Waals surface area contributed by atoms with Crippen LogP contribution in [0.1, 0.15) is 21.5 Å². The highest BCUT2D eigenvalue weighted by Gasteiger charge is 2.14. The summed E-state index contributed by atoms with van der Waals surface area (Å²) < 4.78 is 43.3. The number of aromatic amines is 1. The quantitative estimate of drug-likeness (QED) is 0.374. The molecule has 2 N–H and O–H groups in total. The van der Waals surface area contributed by atoms with Crippen molar-refractivity contribution in [1.29, 1.82) is 0 Å². The minimum Gasteiger partial charge on any atom is -0.348 e. The zero-order chi connectivity index (χ0) is 25.2. The summed E-state index contributed by atoms with van der Waals surface area (Å²) in [4.78, 5) is 30.0. The molecule has 2 aromatic heterocycles. The molecule has 0 spiro atoms. The summed E-state index contributed by atoms with van der Waals surface area (Å²) in [5.74, 6) is -3.01. The fraction of sp³-hybridized carbons (Fsp3) is 0.0769. The van der Waals surface area contributed by atoms with Gasteiger partial charge < -0.3 is 5.32 Å². The van der Waals surface area contributed by atoms with E-state index in [1.807, 2.05) is 6.07 Å². The van der Waals surface area contributed by atoms with Gasteiger partial charge in [0.25, 0.3) is 11.5 Å². The van der Waals surface area contributed by atoms with Crippen molar-refractivity contribution in [3.8, 4) is 11.1 Å². The maximum atomic E-state index is 14.3. The zero-order valence-corrected chi connectivity index (χ0v) is 18.6. The second kappa shape index (κ2) is 9.49. The van der Waals surface area contributed by atoms with E-state index in [0.717, 1.165) is 29.3 Å². The number of nitrogens with one attached hydrogen (secondary N) is 2. The van der Waals surface area contributed by atoms with Crippen molar-refractivity contribution in [3.63, 3.8) is 0 Å². The summed E-state index contributed by atoms with van der Waals surface area (Å²) in [5.41, 5.74) is 1.74. The number of fused-ring (bicyclic) bond motifs is 1. The normalized spacial score (nSPS) is 11.1. The van der Waals surface area contributed by atoms with Crippen molar-refractivity contribution in [2.24, 2.45) is 0 Å². The molecule has 180 valence electrons. The SMILES string of the molecule is O=C(NCc1c(F)cccc1F)c1cc(F)cc(Cn2cnc3ccc(-c4cn[nH]c4)cc3c2=O)c1. The van der Waals surface area contributed by atoms with Gasteiger partial charge in [-0.3, -0.25) is 19.3 Å². The lowest BCUT2D eigenvalue weighted by Crippen LogP contribution is -2.25. The molecule has 0 bridgehead atoms. The number of nitrogens with zero attached hydrogens (tertiary/aromatic N) is 3. The molecule has 0 atom stereocenters. The number of benzene rings is 3. The molecule has 0 aliphatic carbocycles. The van der Waals surface area contributed by atoms with Gasteiger partial charge in [0, 0.05) is 29.4 Å². The number of carbonyl (C=O) groups excluding carboxylic acids is 1. The van der Waals surface area contributed by atoms with E-state index < -0.39 is 29.9 Å². The number of hydrogen-bond acceptors (Lipinski definition) is 4. The fourth-order valence-electron chi connectivity index (χ4n) is 3.90. The van der Waals surface area contributed by atoms with Gasteiger partial charge in [-0.25, -0.2) is 18.2 Å². The molecule has 1 amide bonds. The smallest absolute Gasteiger partial charge is 0.261 e. The third-order valence-corrected chi connectivity index (χ3v) is 5.72. The van der Waals surface area contributed by atoms with Crippen molar-refractivity contribution >= 4 is 16.8 Å². The number of aromatic nitrogens is 4. The lowest BCUT2D eigenvalue weighted by atomic mass is 10.1. The van der Waals surface area contributed by atoms with Gasteiger partial charge in [0.05, 0.1) is 30.0 Å². The molecular weight excluding hydrogens is 471 g/mol. The molecule has 0 fully saturated rings. The Kier molecular flexibility index (Phi) is 6.07. The Morgan fingerprint density at radius 3 is 2.56 bits per heavy atom. The zero-order valence-electron chi connectivity index (χ0n) is 18.6. The van der Waals surface area contributed by atoms with Crippen LogP contribution in [-0.2, 0) is 13.1 Å². The highest BCUT2D eigenvalue weighted by Crippen LogP contribution is 2.21. The van der Waals surface area contributed by atoms with Crippen molar-refractivity contribution < 1.29 is 18.0 Å². The number of amides is 1. The van der Waals surface area contributed by atoms with Crippen molar-refractivity contribution in [3.05, 3.63) is 118 Å². The number of carbonyl (C=O) groups is 1. The van der Waals surface area contributed by atoms with Crippen LogP contribution in [0.3, 0.4) is 0 Å². The standard InChI is InChI=1S/C26H18F3N5O2/c27-19-7-15(6-17(8-19)25(35)30-12-21-22(28)2-1-3-23(21)29)13-34-14-31-24-5-4-16(9-20(24)26(34)36)18-10-32-33-11-18/h1-11,14H,12-13H2,(H,30,35)(H,32,33). The largest absolute Gasteiger partial charge is 0.348 e. The molecule has 0 unspecified atom stereocenters. The first kappa shape index (κ1) is 23.0. The second-order valence-electron chi connectivity index (χ2n) is 8.13. The Morgan fingerprint density at radius 2 is 1.81 bits per heavy atom. The van der Waals surface area contributed by atoms with Gasteiger partial charge in [-0.2, -0.15) is 5.10 Å². The van der Waals surface area contributed by atoms with Crippen LogP contribution in [-0.4, -0.2) is 25.7 Å². The third-order valence-electron chi connectivity index (χ3n) is 5.72. The summed E-state index contributed by atoms with van der Waals surface area (Å²) in [6.45, 7) is -0.450. The molecule has 0 saturated heterocycles.